The lowest BCUT2D eigenvalue weighted by atomic mass is 9.87. The number of carbonyl (C=O) groups is 3. The number of ether oxygens (including phenoxy) is 2. The molecule has 2 amide bonds. The van der Waals surface area contributed by atoms with Gasteiger partial charge < -0.3 is 20.1 Å². The maximum Gasteiger partial charge on any atom is 0.308 e. The van der Waals surface area contributed by atoms with E-state index in [0.29, 0.717) is 17.0 Å². The van der Waals surface area contributed by atoms with E-state index in [2.05, 4.69) is 31.4 Å². The van der Waals surface area contributed by atoms with Crippen LogP contribution in [0.1, 0.15) is 50.0 Å². The van der Waals surface area contributed by atoms with E-state index in [1.165, 1.54) is 14.0 Å². The summed E-state index contributed by atoms with van der Waals surface area (Å²) in [6, 6.07) is 14.3. The van der Waals surface area contributed by atoms with Gasteiger partial charge in [0.2, 0.25) is 0 Å². The predicted molar refractivity (Wildman–Crippen MR) is 119 cm³/mol. The van der Waals surface area contributed by atoms with Gasteiger partial charge in [0.15, 0.2) is 6.10 Å². The van der Waals surface area contributed by atoms with Crippen LogP contribution in [-0.4, -0.2) is 37.5 Å². The summed E-state index contributed by atoms with van der Waals surface area (Å²) in [5.41, 5.74) is 2.15. The Balaban J connectivity index is 1.78. The van der Waals surface area contributed by atoms with Crippen molar-refractivity contribution in [3.63, 3.8) is 0 Å². The van der Waals surface area contributed by atoms with E-state index in [9.17, 15) is 14.4 Å². The summed E-state index contributed by atoms with van der Waals surface area (Å²) in [5, 5.41) is 5.36. The zero-order chi connectivity index (χ0) is 23.0. The smallest absolute Gasteiger partial charge is 0.308 e. The van der Waals surface area contributed by atoms with E-state index in [1.807, 2.05) is 12.1 Å². The molecule has 0 aliphatic rings. The zero-order valence-electron chi connectivity index (χ0n) is 18.7. The SMILES string of the molecule is COc1ccccc1NC(=O)[C@H](C)OC(=O)CCNC(=O)c1ccc(C(C)(C)C)cc1. The molecule has 0 saturated carbocycles. The Kier molecular flexibility index (Phi) is 8.19. The molecule has 0 spiro atoms. The Labute approximate surface area is 183 Å². The highest BCUT2D eigenvalue weighted by Gasteiger charge is 2.19. The molecular weight excluding hydrogens is 396 g/mol. The lowest BCUT2D eigenvalue weighted by Gasteiger charge is -2.19. The molecule has 0 unspecified atom stereocenters. The first-order valence-corrected chi connectivity index (χ1v) is 10.1. The van der Waals surface area contributed by atoms with Gasteiger partial charge in [0.25, 0.3) is 11.8 Å². The highest BCUT2D eigenvalue weighted by atomic mass is 16.5. The van der Waals surface area contributed by atoms with Crippen molar-refractivity contribution in [2.45, 2.75) is 45.6 Å². The molecule has 0 fully saturated rings. The molecule has 7 nitrogen and oxygen atoms in total. The molecule has 2 N–H and O–H groups in total. The number of amides is 2. The number of anilines is 1. The first-order chi connectivity index (χ1) is 14.6. The van der Waals surface area contributed by atoms with E-state index in [1.54, 1.807) is 36.4 Å². The summed E-state index contributed by atoms with van der Waals surface area (Å²) >= 11 is 0. The molecule has 0 aliphatic carbocycles. The number of esters is 1. The van der Waals surface area contributed by atoms with Crippen molar-refractivity contribution in [1.82, 2.24) is 5.32 Å². The molecule has 31 heavy (non-hydrogen) atoms. The lowest BCUT2D eigenvalue weighted by molar-refractivity contribution is -0.153. The van der Waals surface area contributed by atoms with Crippen molar-refractivity contribution in [2.24, 2.45) is 0 Å². The largest absolute Gasteiger partial charge is 0.495 e. The molecule has 0 aromatic heterocycles. The fourth-order valence-corrected chi connectivity index (χ4v) is 2.79. The van der Waals surface area contributed by atoms with Crippen LogP contribution in [0, 0.1) is 0 Å². The lowest BCUT2D eigenvalue weighted by Crippen LogP contribution is -2.32. The van der Waals surface area contributed by atoms with Crippen molar-refractivity contribution in [1.29, 1.82) is 0 Å². The second-order valence-electron chi connectivity index (χ2n) is 8.15. The van der Waals surface area contributed by atoms with Gasteiger partial charge in [-0.05, 0) is 42.2 Å². The molecule has 2 rings (SSSR count). The highest BCUT2D eigenvalue weighted by molar-refractivity contribution is 5.96. The van der Waals surface area contributed by atoms with Crippen LogP contribution in [0.25, 0.3) is 0 Å². The predicted octanol–water partition coefficient (Wildman–Crippen LogP) is 3.68. The van der Waals surface area contributed by atoms with Crippen LogP contribution in [-0.2, 0) is 19.7 Å². The third kappa shape index (κ3) is 7.13. The average molecular weight is 427 g/mol. The summed E-state index contributed by atoms with van der Waals surface area (Å²) < 4.78 is 10.3. The van der Waals surface area contributed by atoms with Crippen LogP contribution in [0.5, 0.6) is 5.75 Å². The van der Waals surface area contributed by atoms with E-state index >= 15 is 0 Å². The third-order valence-electron chi connectivity index (χ3n) is 4.67. The summed E-state index contributed by atoms with van der Waals surface area (Å²) in [4.78, 5) is 36.5. The van der Waals surface area contributed by atoms with Gasteiger partial charge in [-0.3, -0.25) is 14.4 Å². The number of nitrogens with one attached hydrogen (secondary N) is 2. The minimum atomic E-state index is -0.988. The summed E-state index contributed by atoms with van der Waals surface area (Å²) in [7, 11) is 1.50. The van der Waals surface area contributed by atoms with Crippen LogP contribution in [0.15, 0.2) is 48.5 Å². The zero-order valence-corrected chi connectivity index (χ0v) is 18.7. The van der Waals surface area contributed by atoms with Gasteiger partial charge in [0.1, 0.15) is 5.75 Å². The number of carbonyl (C=O) groups excluding carboxylic acids is 3. The van der Waals surface area contributed by atoms with Crippen molar-refractivity contribution in [3.8, 4) is 5.75 Å². The number of rotatable bonds is 8. The summed E-state index contributed by atoms with van der Waals surface area (Å²) in [6.45, 7) is 7.90. The van der Waals surface area contributed by atoms with E-state index in [-0.39, 0.29) is 24.3 Å². The Morgan fingerprint density at radius 1 is 1.00 bits per heavy atom. The summed E-state index contributed by atoms with van der Waals surface area (Å²) in [6.07, 6.45) is -1.03. The number of methoxy groups -OCH3 is 1. The molecule has 1 atom stereocenters. The standard InChI is InChI=1S/C24H30N2O5/c1-16(22(28)26-19-8-6-7-9-20(19)30-5)31-21(27)14-15-25-23(29)17-10-12-18(13-11-17)24(2,3)4/h6-13,16H,14-15H2,1-5H3,(H,25,29)(H,26,28)/t16-/m0/s1. The Bertz CT molecular complexity index is 916. The van der Waals surface area contributed by atoms with Crippen molar-refractivity contribution in [2.75, 3.05) is 19.0 Å². The van der Waals surface area contributed by atoms with Crippen molar-refractivity contribution in [3.05, 3.63) is 59.7 Å². The second kappa shape index (κ2) is 10.6. The molecular formula is C24H30N2O5. The number of hydrogen-bond acceptors (Lipinski definition) is 5. The number of benzene rings is 2. The molecule has 2 aromatic carbocycles. The van der Waals surface area contributed by atoms with Gasteiger partial charge in [-0.2, -0.15) is 0 Å². The van der Waals surface area contributed by atoms with Gasteiger partial charge in [0.05, 0.1) is 19.2 Å². The monoisotopic (exact) mass is 426 g/mol. The van der Waals surface area contributed by atoms with Gasteiger partial charge in [-0.1, -0.05) is 45.0 Å². The molecule has 0 bridgehead atoms. The van der Waals surface area contributed by atoms with E-state index in [0.717, 1.165) is 5.56 Å². The van der Waals surface area contributed by atoms with Crippen LogP contribution in [0.3, 0.4) is 0 Å². The quantitative estimate of drug-likeness (QED) is 0.628. The molecule has 0 heterocycles. The van der Waals surface area contributed by atoms with Crippen molar-refractivity contribution >= 4 is 23.5 Å². The van der Waals surface area contributed by atoms with Gasteiger partial charge in [0, 0.05) is 12.1 Å². The second-order valence-corrected chi connectivity index (χ2v) is 8.15. The fourth-order valence-electron chi connectivity index (χ4n) is 2.79. The average Bonchev–Trinajstić information content (AvgIpc) is 2.73. The minimum Gasteiger partial charge on any atom is -0.495 e. The van der Waals surface area contributed by atoms with Crippen LogP contribution >= 0.6 is 0 Å². The minimum absolute atomic E-state index is 0.00733. The van der Waals surface area contributed by atoms with Gasteiger partial charge in [-0.25, -0.2) is 0 Å². The van der Waals surface area contributed by atoms with E-state index in [4.69, 9.17) is 9.47 Å². The molecule has 7 heteroatoms. The fraction of sp³-hybridized carbons (Fsp3) is 0.375. The summed E-state index contributed by atoms with van der Waals surface area (Å²) in [5.74, 6) is -0.810. The topological polar surface area (TPSA) is 93.7 Å². The Morgan fingerprint density at radius 2 is 1.65 bits per heavy atom. The third-order valence-corrected chi connectivity index (χ3v) is 4.67. The van der Waals surface area contributed by atoms with Crippen LogP contribution < -0.4 is 15.4 Å². The maximum atomic E-state index is 12.3. The van der Waals surface area contributed by atoms with E-state index < -0.39 is 18.0 Å². The van der Waals surface area contributed by atoms with Crippen LogP contribution in [0.4, 0.5) is 5.69 Å². The first kappa shape index (κ1) is 23.9. The molecule has 0 saturated heterocycles. The number of para-hydroxylation sites is 2. The van der Waals surface area contributed by atoms with Gasteiger partial charge >= 0.3 is 5.97 Å². The van der Waals surface area contributed by atoms with Crippen LogP contribution in [0.2, 0.25) is 0 Å². The maximum absolute atomic E-state index is 12.3. The first-order valence-electron chi connectivity index (χ1n) is 10.1. The Hall–Kier alpha value is -3.35. The molecule has 0 radical (unpaired) electrons. The Morgan fingerprint density at radius 3 is 2.26 bits per heavy atom. The molecule has 166 valence electrons. The van der Waals surface area contributed by atoms with Gasteiger partial charge in [-0.15, -0.1) is 0 Å². The normalized spacial score (nSPS) is 11.9. The molecule has 2 aromatic rings. The van der Waals surface area contributed by atoms with Crippen molar-refractivity contribution < 1.29 is 23.9 Å². The highest BCUT2D eigenvalue weighted by Crippen LogP contribution is 2.23. The number of hydrogen-bond donors (Lipinski definition) is 2. The molecule has 0 aliphatic heterocycles.